The van der Waals surface area contributed by atoms with Gasteiger partial charge in [0.15, 0.2) is 0 Å². The summed E-state index contributed by atoms with van der Waals surface area (Å²) in [5.74, 6) is -0.903. The second kappa shape index (κ2) is 8.31. The van der Waals surface area contributed by atoms with E-state index in [1.54, 1.807) is 44.2 Å². The zero-order valence-corrected chi connectivity index (χ0v) is 15.0. The van der Waals surface area contributed by atoms with Crippen LogP contribution in [-0.4, -0.2) is 28.5 Å². The van der Waals surface area contributed by atoms with E-state index in [0.717, 1.165) is 6.07 Å². The van der Waals surface area contributed by atoms with Crippen LogP contribution in [0.2, 0.25) is 0 Å². The summed E-state index contributed by atoms with van der Waals surface area (Å²) >= 11 is 0. The van der Waals surface area contributed by atoms with Crippen molar-refractivity contribution in [2.45, 2.75) is 20.3 Å². The molecular formula is C19H20N2O6. The number of rotatable bonds is 8. The monoisotopic (exact) mass is 372 g/mol. The summed E-state index contributed by atoms with van der Waals surface area (Å²) in [6.45, 7) is 3.21. The van der Waals surface area contributed by atoms with Crippen LogP contribution in [0.25, 0.3) is 0 Å². The van der Waals surface area contributed by atoms with Crippen molar-refractivity contribution >= 4 is 17.6 Å². The Kier molecular flexibility index (Phi) is 6.12. The van der Waals surface area contributed by atoms with E-state index in [-0.39, 0.29) is 30.0 Å². The van der Waals surface area contributed by atoms with Crippen LogP contribution < -0.4 is 10.1 Å². The van der Waals surface area contributed by atoms with Crippen LogP contribution in [0, 0.1) is 15.5 Å². The molecule has 2 aromatic carbocycles. The number of nitrogens with zero attached hydrogens (tertiary/aromatic N) is 1. The quantitative estimate of drug-likeness (QED) is 0.539. The molecular weight excluding hydrogens is 352 g/mol. The van der Waals surface area contributed by atoms with Crippen molar-refractivity contribution in [3.05, 3.63) is 64.2 Å². The number of aliphatic carboxylic acids is 1. The van der Waals surface area contributed by atoms with Crippen LogP contribution in [-0.2, 0) is 4.79 Å². The maximum Gasteiger partial charge on any atom is 0.309 e. The lowest BCUT2D eigenvalue weighted by Gasteiger charge is -2.19. The van der Waals surface area contributed by atoms with Crippen LogP contribution in [0.3, 0.4) is 0 Å². The molecule has 0 radical (unpaired) electrons. The summed E-state index contributed by atoms with van der Waals surface area (Å²) < 4.78 is 5.67. The predicted molar refractivity (Wildman–Crippen MR) is 98.0 cm³/mol. The van der Waals surface area contributed by atoms with Gasteiger partial charge in [-0.3, -0.25) is 19.7 Å². The van der Waals surface area contributed by atoms with Crippen LogP contribution in [0.4, 0.5) is 5.69 Å². The second-order valence-corrected chi connectivity index (χ2v) is 6.55. The first-order valence-electron chi connectivity index (χ1n) is 8.23. The molecule has 2 rings (SSSR count). The van der Waals surface area contributed by atoms with Crippen LogP contribution in [0.5, 0.6) is 11.5 Å². The first kappa shape index (κ1) is 19.9. The normalized spacial score (nSPS) is 10.9. The van der Waals surface area contributed by atoms with E-state index in [9.17, 15) is 19.7 Å². The van der Waals surface area contributed by atoms with E-state index < -0.39 is 22.2 Å². The first-order valence-corrected chi connectivity index (χ1v) is 8.23. The molecule has 27 heavy (non-hydrogen) atoms. The number of nitro benzene ring substituents is 1. The number of ether oxygens (including phenoxy) is 1. The summed E-state index contributed by atoms with van der Waals surface area (Å²) in [6.07, 6.45) is 0.206. The van der Waals surface area contributed by atoms with Gasteiger partial charge in [0.05, 0.1) is 15.9 Å². The molecule has 2 N–H and O–H groups in total. The van der Waals surface area contributed by atoms with E-state index in [2.05, 4.69) is 5.32 Å². The molecule has 8 nitrogen and oxygen atoms in total. The first-order chi connectivity index (χ1) is 12.7. The van der Waals surface area contributed by atoms with Gasteiger partial charge in [-0.2, -0.15) is 0 Å². The highest BCUT2D eigenvalue weighted by atomic mass is 16.6. The number of carbonyl (C=O) groups is 2. The molecule has 0 spiro atoms. The van der Waals surface area contributed by atoms with E-state index in [4.69, 9.17) is 9.84 Å². The third kappa shape index (κ3) is 5.27. The maximum atomic E-state index is 12.5. The van der Waals surface area contributed by atoms with Crippen LogP contribution in [0.15, 0.2) is 48.5 Å². The minimum atomic E-state index is -1.00. The Morgan fingerprint density at radius 3 is 2.44 bits per heavy atom. The lowest BCUT2D eigenvalue weighted by Crippen LogP contribution is -2.32. The van der Waals surface area contributed by atoms with Gasteiger partial charge < -0.3 is 15.2 Å². The van der Waals surface area contributed by atoms with Crippen molar-refractivity contribution in [3.8, 4) is 11.5 Å². The molecule has 2 aromatic rings. The number of nitrogens with one attached hydrogen (secondary N) is 1. The summed E-state index contributed by atoms with van der Waals surface area (Å²) in [5, 5.41) is 22.8. The van der Waals surface area contributed by atoms with E-state index >= 15 is 0 Å². The maximum absolute atomic E-state index is 12.5. The number of amides is 1. The summed E-state index contributed by atoms with van der Waals surface area (Å²) in [6, 6.07) is 12.5. The Balaban J connectivity index is 2.21. The third-order valence-electron chi connectivity index (χ3n) is 4.00. The van der Waals surface area contributed by atoms with E-state index in [0.29, 0.717) is 5.75 Å². The minimum Gasteiger partial charge on any atom is -0.481 e. The fourth-order valence-electron chi connectivity index (χ4n) is 2.20. The molecule has 0 bridgehead atoms. The van der Waals surface area contributed by atoms with Gasteiger partial charge in [0.2, 0.25) is 0 Å². The Labute approximate surface area is 155 Å². The summed E-state index contributed by atoms with van der Waals surface area (Å²) in [4.78, 5) is 34.1. The number of nitro groups is 1. The number of para-hydroxylation sites is 1. The lowest BCUT2D eigenvalue weighted by atomic mass is 9.90. The molecule has 0 saturated carbocycles. The Bertz CT molecular complexity index is 849. The lowest BCUT2D eigenvalue weighted by molar-refractivity contribution is -0.384. The molecule has 142 valence electrons. The summed E-state index contributed by atoms with van der Waals surface area (Å²) in [7, 11) is 0. The van der Waals surface area contributed by atoms with Crippen molar-refractivity contribution in [1.29, 1.82) is 0 Å². The number of benzene rings is 2. The number of carbonyl (C=O) groups excluding carboxylic acids is 1. The average molecular weight is 372 g/mol. The van der Waals surface area contributed by atoms with Crippen molar-refractivity contribution < 1.29 is 24.4 Å². The van der Waals surface area contributed by atoms with Crippen molar-refractivity contribution in [2.24, 2.45) is 5.41 Å². The molecule has 0 fully saturated rings. The van der Waals surface area contributed by atoms with Gasteiger partial charge >= 0.3 is 5.97 Å². The SMILES string of the molecule is CC(C)(CCNC(=O)c1cc([N+](=O)[O-])ccc1Oc1ccccc1)C(=O)O. The molecule has 0 heterocycles. The smallest absolute Gasteiger partial charge is 0.309 e. The average Bonchev–Trinajstić information content (AvgIpc) is 2.62. The Morgan fingerprint density at radius 2 is 1.85 bits per heavy atom. The fraction of sp³-hybridized carbons (Fsp3) is 0.263. The largest absolute Gasteiger partial charge is 0.481 e. The molecule has 1 amide bonds. The van der Waals surface area contributed by atoms with Gasteiger partial charge in [-0.1, -0.05) is 18.2 Å². The number of carboxylic acids is 1. The zero-order valence-electron chi connectivity index (χ0n) is 15.0. The Hall–Kier alpha value is -3.42. The van der Waals surface area contributed by atoms with Crippen molar-refractivity contribution in [3.63, 3.8) is 0 Å². The van der Waals surface area contributed by atoms with E-state index in [1.165, 1.54) is 12.1 Å². The molecule has 0 unspecified atom stereocenters. The molecule has 0 atom stereocenters. The highest BCUT2D eigenvalue weighted by molar-refractivity contribution is 5.97. The predicted octanol–water partition coefficient (Wildman–Crippen LogP) is 3.62. The Morgan fingerprint density at radius 1 is 1.19 bits per heavy atom. The van der Waals surface area contributed by atoms with E-state index in [1.807, 2.05) is 0 Å². The van der Waals surface area contributed by atoms with Gasteiger partial charge in [-0.15, -0.1) is 0 Å². The molecule has 8 heteroatoms. The summed E-state index contributed by atoms with van der Waals surface area (Å²) in [5.41, 5.74) is -1.24. The highest BCUT2D eigenvalue weighted by Gasteiger charge is 2.27. The van der Waals surface area contributed by atoms with Crippen LogP contribution >= 0.6 is 0 Å². The standard InChI is InChI=1S/C19H20N2O6/c1-19(2,18(23)24)10-11-20-17(22)15-12-13(21(25)26)8-9-16(15)27-14-6-4-3-5-7-14/h3-9,12H,10-11H2,1-2H3,(H,20,22)(H,23,24). The number of non-ortho nitro benzene ring substituents is 1. The topological polar surface area (TPSA) is 119 Å². The van der Waals surface area contributed by atoms with Gasteiger partial charge in [0.1, 0.15) is 11.5 Å². The molecule has 0 aliphatic carbocycles. The number of hydrogen-bond acceptors (Lipinski definition) is 5. The fourth-order valence-corrected chi connectivity index (χ4v) is 2.20. The molecule has 0 saturated heterocycles. The third-order valence-corrected chi connectivity index (χ3v) is 4.00. The molecule has 0 aliphatic heterocycles. The van der Waals surface area contributed by atoms with Gasteiger partial charge in [0, 0.05) is 18.7 Å². The number of hydrogen-bond donors (Lipinski definition) is 2. The highest BCUT2D eigenvalue weighted by Crippen LogP contribution is 2.29. The minimum absolute atomic E-state index is 0.00110. The second-order valence-electron chi connectivity index (χ2n) is 6.55. The number of carboxylic acid groups (broad SMARTS) is 1. The van der Waals surface area contributed by atoms with Crippen LogP contribution in [0.1, 0.15) is 30.6 Å². The molecule has 0 aromatic heterocycles. The van der Waals surface area contributed by atoms with Crippen molar-refractivity contribution in [2.75, 3.05) is 6.54 Å². The van der Waals surface area contributed by atoms with Gasteiger partial charge in [-0.25, -0.2) is 0 Å². The van der Waals surface area contributed by atoms with Gasteiger partial charge in [0.25, 0.3) is 11.6 Å². The van der Waals surface area contributed by atoms with Gasteiger partial charge in [-0.05, 0) is 38.5 Å². The van der Waals surface area contributed by atoms with Crippen molar-refractivity contribution in [1.82, 2.24) is 5.32 Å². The zero-order chi connectivity index (χ0) is 20.0. The molecule has 0 aliphatic rings.